The summed E-state index contributed by atoms with van der Waals surface area (Å²) in [6.07, 6.45) is 0. The summed E-state index contributed by atoms with van der Waals surface area (Å²) in [5, 5.41) is 6.74. The van der Waals surface area contributed by atoms with Crippen LogP contribution in [-0.4, -0.2) is 18.1 Å². The molecule has 0 saturated carbocycles. The van der Waals surface area contributed by atoms with Crippen LogP contribution >= 0.6 is 11.3 Å². The van der Waals surface area contributed by atoms with E-state index in [1.807, 2.05) is 0 Å². The monoisotopic (exact) mass is 230 g/mol. The third kappa shape index (κ3) is 1.66. The number of benzene rings is 1. The zero-order valence-electron chi connectivity index (χ0n) is 9.23. The summed E-state index contributed by atoms with van der Waals surface area (Å²) in [6.45, 7) is 4.31. The number of nitrogens with one attached hydrogen (secondary N) is 1. The van der Waals surface area contributed by atoms with Crippen molar-refractivity contribution in [1.82, 2.24) is 10.3 Å². The number of nitrogens with zero attached hydrogens (tertiary/aromatic N) is 1. The fourth-order valence-corrected chi connectivity index (χ4v) is 2.84. The van der Waals surface area contributed by atoms with Gasteiger partial charge in [-0.15, -0.1) is 11.3 Å². The molecule has 1 fully saturated rings. The minimum atomic E-state index is 0.641. The smallest absolute Gasteiger partial charge is 0.0989 e. The van der Waals surface area contributed by atoms with Crippen molar-refractivity contribution in [2.24, 2.45) is 0 Å². The first-order valence-corrected chi connectivity index (χ1v) is 6.44. The molecule has 0 amide bonds. The van der Waals surface area contributed by atoms with Crippen LogP contribution in [0.2, 0.25) is 0 Å². The Hall–Kier alpha value is -1.19. The van der Waals surface area contributed by atoms with Crippen LogP contribution in [0.1, 0.15) is 16.5 Å². The zero-order chi connectivity index (χ0) is 11.0. The van der Waals surface area contributed by atoms with E-state index in [4.69, 9.17) is 4.98 Å². The van der Waals surface area contributed by atoms with Gasteiger partial charge in [-0.3, -0.25) is 0 Å². The fraction of sp³-hybridized carbons (Fsp3) is 0.308. The van der Waals surface area contributed by atoms with E-state index in [0.29, 0.717) is 5.92 Å². The van der Waals surface area contributed by atoms with Gasteiger partial charge in [0, 0.05) is 30.0 Å². The summed E-state index contributed by atoms with van der Waals surface area (Å²) in [5.41, 5.74) is 3.69. The first-order chi connectivity index (χ1) is 7.84. The molecule has 16 heavy (non-hydrogen) atoms. The highest BCUT2D eigenvalue weighted by Crippen LogP contribution is 2.29. The van der Waals surface area contributed by atoms with Crippen LogP contribution in [0.15, 0.2) is 29.6 Å². The molecule has 1 aromatic carbocycles. The molecule has 3 rings (SSSR count). The van der Waals surface area contributed by atoms with Crippen molar-refractivity contribution in [2.75, 3.05) is 13.1 Å². The quantitative estimate of drug-likeness (QED) is 0.858. The Morgan fingerprint density at radius 2 is 2.12 bits per heavy atom. The summed E-state index contributed by atoms with van der Waals surface area (Å²) in [5.74, 6) is 0.641. The molecule has 0 radical (unpaired) electrons. The maximum Gasteiger partial charge on any atom is 0.0989 e. The second-order valence-corrected chi connectivity index (χ2v) is 5.13. The zero-order valence-corrected chi connectivity index (χ0v) is 10.1. The topological polar surface area (TPSA) is 24.9 Å². The number of aryl methyl sites for hydroxylation is 1. The van der Waals surface area contributed by atoms with E-state index >= 15 is 0 Å². The first kappa shape index (κ1) is 10.00. The van der Waals surface area contributed by atoms with E-state index in [9.17, 15) is 0 Å². The SMILES string of the molecule is Cc1ccccc1-c1csc(C2CNC2)n1. The average molecular weight is 230 g/mol. The van der Waals surface area contributed by atoms with E-state index in [2.05, 4.69) is 41.9 Å². The average Bonchev–Trinajstić information content (AvgIpc) is 2.65. The van der Waals surface area contributed by atoms with Gasteiger partial charge in [-0.05, 0) is 12.5 Å². The molecule has 1 saturated heterocycles. The van der Waals surface area contributed by atoms with Crippen LogP contribution in [0.3, 0.4) is 0 Å². The summed E-state index contributed by atoms with van der Waals surface area (Å²) in [6, 6.07) is 8.43. The van der Waals surface area contributed by atoms with Crippen molar-refractivity contribution in [3.63, 3.8) is 0 Å². The second-order valence-electron chi connectivity index (χ2n) is 4.24. The number of hydrogen-bond acceptors (Lipinski definition) is 3. The maximum atomic E-state index is 4.74. The van der Waals surface area contributed by atoms with Gasteiger partial charge in [-0.2, -0.15) is 0 Å². The third-order valence-corrected chi connectivity index (χ3v) is 4.08. The molecule has 3 heteroatoms. The minimum Gasteiger partial charge on any atom is -0.315 e. The van der Waals surface area contributed by atoms with E-state index in [1.54, 1.807) is 11.3 Å². The Morgan fingerprint density at radius 3 is 2.81 bits per heavy atom. The molecule has 0 aliphatic carbocycles. The molecular weight excluding hydrogens is 216 g/mol. The first-order valence-electron chi connectivity index (χ1n) is 5.57. The lowest BCUT2D eigenvalue weighted by Crippen LogP contribution is -2.39. The van der Waals surface area contributed by atoms with Gasteiger partial charge in [-0.1, -0.05) is 24.3 Å². The lowest BCUT2D eigenvalue weighted by atomic mass is 10.0. The van der Waals surface area contributed by atoms with E-state index in [-0.39, 0.29) is 0 Å². The highest BCUT2D eigenvalue weighted by atomic mass is 32.1. The van der Waals surface area contributed by atoms with E-state index in [1.165, 1.54) is 16.1 Å². The van der Waals surface area contributed by atoms with Gasteiger partial charge in [0.15, 0.2) is 0 Å². The van der Waals surface area contributed by atoms with Crippen molar-refractivity contribution in [3.05, 3.63) is 40.2 Å². The van der Waals surface area contributed by atoms with Gasteiger partial charge in [0.2, 0.25) is 0 Å². The van der Waals surface area contributed by atoms with Gasteiger partial charge < -0.3 is 5.32 Å². The van der Waals surface area contributed by atoms with Crippen LogP contribution in [0.4, 0.5) is 0 Å². The number of thiazole rings is 1. The Kier molecular flexibility index (Phi) is 2.50. The maximum absolute atomic E-state index is 4.74. The van der Waals surface area contributed by atoms with Crippen molar-refractivity contribution >= 4 is 11.3 Å². The summed E-state index contributed by atoms with van der Waals surface area (Å²) >= 11 is 1.79. The van der Waals surface area contributed by atoms with Crippen molar-refractivity contribution < 1.29 is 0 Å². The Morgan fingerprint density at radius 1 is 1.31 bits per heavy atom. The minimum absolute atomic E-state index is 0.641. The van der Waals surface area contributed by atoms with Gasteiger partial charge in [0.05, 0.1) is 10.7 Å². The molecule has 0 spiro atoms. The van der Waals surface area contributed by atoms with Crippen molar-refractivity contribution in [1.29, 1.82) is 0 Å². The van der Waals surface area contributed by atoms with Crippen LogP contribution in [0, 0.1) is 6.92 Å². The number of aromatic nitrogens is 1. The molecule has 1 aliphatic heterocycles. The highest BCUT2D eigenvalue weighted by molar-refractivity contribution is 7.10. The van der Waals surface area contributed by atoms with Gasteiger partial charge >= 0.3 is 0 Å². The summed E-state index contributed by atoms with van der Waals surface area (Å²) in [7, 11) is 0. The standard InChI is InChI=1S/C13H14N2S/c1-9-4-2-3-5-11(9)12-8-16-13(15-12)10-6-14-7-10/h2-5,8,10,14H,6-7H2,1H3. The van der Waals surface area contributed by atoms with Crippen LogP contribution in [0.25, 0.3) is 11.3 Å². The molecule has 1 N–H and O–H groups in total. The van der Waals surface area contributed by atoms with Crippen LogP contribution in [-0.2, 0) is 0 Å². The van der Waals surface area contributed by atoms with Crippen molar-refractivity contribution in [3.8, 4) is 11.3 Å². The molecule has 0 unspecified atom stereocenters. The Labute approximate surface area is 99.4 Å². The predicted octanol–water partition coefficient (Wildman–Crippen LogP) is 2.81. The third-order valence-electron chi connectivity index (χ3n) is 3.07. The normalized spacial score (nSPS) is 16.1. The molecule has 1 aliphatic rings. The van der Waals surface area contributed by atoms with E-state index in [0.717, 1.165) is 18.8 Å². The molecule has 1 aromatic heterocycles. The Balaban J connectivity index is 1.95. The molecular formula is C13H14N2S. The molecule has 0 bridgehead atoms. The van der Waals surface area contributed by atoms with Gasteiger partial charge in [0.25, 0.3) is 0 Å². The molecule has 82 valence electrons. The van der Waals surface area contributed by atoms with Crippen LogP contribution in [0.5, 0.6) is 0 Å². The van der Waals surface area contributed by atoms with Crippen LogP contribution < -0.4 is 5.32 Å². The largest absolute Gasteiger partial charge is 0.315 e. The van der Waals surface area contributed by atoms with Gasteiger partial charge in [0.1, 0.15) is 0 Å². The highest BCUT2D eigenvalue weighted by Gasteiger charge is 2.22. The summed E-state index contributed by atoms with van der Waals surface area (Å²) < 4.78 is 0. The van der Waals surface area contributed by atoms with Gasteiger partial charge in [-0.25, -0.2) is 4.98 Å². The number of hydrogen-bond donors (Lipinski definition) is 1. The summed E-state index contributed by atoms with van der Waals surface area (Å²) in [4.78, 5) is 4.74. The number of rotatable bonds is 2. The van der Waals surface area contributed by atoms with E-state index < -0.39 is 0 Å². The fourth-order valence-electron chi connectivity index (χ4n) is 1.92. The second kappa shape index (κ2) is 4.00. The van der Waals surface area contributed by atoms with Crippen molar-refractivity contribution in [2.45, 2.75) is 12.8 Å². The lowest BCUT2D eigenvalue weighted by Gasteiger charge is -2.24. The lowest BCUT2D eigenvalue weighted by molar-refractivity contribution is 0.447. The predicted molar refractivity (Wildman–Crippen MR) is 67.9 cm³/mol. The molecule has 2 aromatic rings. The molecule has 0 atom stereocenters. The molecule has 2 heterocycles. The Bertz CT molecular complexity index is 500. The molecule has 2 nitrogen and oxygen atoms in total.